The van der Waals surface area contributed by atoms with Crippen LogP contribution < -0.4 is 10.1 Å². The Morgan fingerprint density at radius 3 is 2.60 bits per heavy atom. The predicted molar refractivity (Wildman–Crippen MR) is 141 cm³/mol. The van der Waals surface area contributed by atoms with Gasteiger partial charge in [0.1, 0.15) is 5.75 Å². The molecule has 0 atom stereocenters. The van der Waals surface area contributed by atoms with E-state index >= 15 is 0 Å². The number of amides is 1. The Morgan fingerprint density at radius 1 is 1.17 bits per heavy atom. The van der Waals surface area contributed by atoms with Crippen molar-refractivity contribution in [2.45, 2.75) is 44.6 Å². The van der Waals surface area contributed by atoms with Gasteiger partial charge >= 0.3 is 0 Å². The molecule has 3 aromatic rings. The van der Waals surface area contributed by atoms with Crippen molar-refractivity contribution in [2.75, 3.05) is 20.7 Å². The average molecular weight is 468 g/mol. The van der Waals surface area contributed by atoms with Crippen molar-refractivity contribution < 1.29 is 9.53 Å². The second kappa shape index (κ2) is 9.57. The van der Waals surface area contributed by atoms with Crippen LogP contribution in [-0.4, -0.2) is 36.5 Å². The second-order valence-corrected chi connectivity index (χ2v) is 9.76. The summed E-state index contributed by atoms with van der Waals surface area (Å²) in [7, 11) is 3.68. The fourth-order valence-corrected chi connectivity index (χ4v) is 4.86. The number of carbonyl (C=O) groups is 1. The molecule has 5 nitrogen and oxygen atoms in total. The summed E-state index contributed by atoms with van der Waals surface area (Å²) in [6, 6.07) is 14.2. The van der Waals surface area contributed by atoms with Crippen molar-refractivity contribution in [3.63, 3.8) is 0 Å². The van der Waals surface area contributed by atoms with E-state index in [2.05, 4.69) is 58.8 Å². The number of allylic oxidation sites excluding steroid dienone is 2. The predicted octanol–water partition coefficient (Wildman–Crippen LogP) is 5.98. The third-order valence-corrected chi connectivity index (χ3v) is 7.19. The van der Waals surface area contributed by atoms with E-state index < -0.39 is 0 Å². The third-order valence-electron chi connectivity index (χ3n) is 7.19. The van der Waals surface area contributed by atoms with Crippen molar-refractivity contribution in [2.24, 2.45) is 0 Å². The Balaban J connectivity index is 0.000000453. The smallest absolute Gasteiger partial charge is 0.252 e. The molecular formula is C30H33N3O2. The average Bonchev–Trinajstić information content (AvgIpc) is 3.42. The first kappa shape index (κ1) is 23.2. The van der Waals surface area contributed by atoms with Crippen LogP contribution in [0.15, 0.2) is 67.0 Å². The number of fused-ring (bicyclic) bond motifs is 1. The molecule has 0 radical (unpaired) electrons. The lowest BCUT2D eigenvalue weighted by Crippen LogP contribution is -2.35. The molecule has 1 fully saturated rings. The fraction of sp³-hybridized carbons (Fsp3) is 0.333. The number of likely N-dealkylation sites (N-methyl/N-ethyl adjacent to an activating group) is 1. The summed E-state index contributed by atoms with van der Waals surface area (Å²) in [5, 5.41) is 4.49. The molecule has 3 aliphatic rings. The number of ether oxygens (including phenoxy) is 1. The van der Waals surface area contributed by atoms with Crippen LogP contribution in [0.3, 0.4) is 0 Å². The standard InChI is InChI=1S/C26H26N2O2.C4H7N/c1-17-9-10-20(30-2)16-22(17)25(29)28-26(11-12-26)23-14-19(18-6-3-4-7-18)15-24-21(23)8-5-13-27-24;1-5-3-2-4-5/h5-6,8-10,13-16H,3-4,7,11-12H2,1-2H3,(H,28,29);2-3H,4H2,1H3. The maximum absolute atomic E-state index is 13.2. The van der Waals surface area contributed by atoms with Crippen LogP contribution in [0.25, 0.3) is 16.5 Å². The van der Waals surface area contributed by atoms with Gasteiger partial charge in [0.15, 0.2) is 0 Å². The maximum atomic E-state index is 13.2. The summed E-state index contributed by atoms with van der Waals surface area (Å²) >= 11 is 0. The largest absolute Gasteiger partial charge is 0.497 e. The highest BCUT2D eigenvalue weighted by Gasteiger charge is 2.47. The number of methoxy groups -OCH3 is 1. The lowest BCUT2D eigenvalue weighted by Gasteiger charge is -2.22. The second-order valence-electron chi connectivity index (χ2n) is 9.76. The van der Waals surface area contributed by atoms with Gasteiger partial charge in [-0.3, -0.25) is 9.78 Å². The fourth-order valence-electron chi connectivity index (χ4n) is 4.86. The molecule has 1 aromatic heterocycles. The van der Waals surface area contributed by atoms with Crippen LogP contribution in [0.1, 0.15) is 59.2 Å². The first-order valence-electron chi connectivity index (χ1n) is 12.4. The van der Waals surface area contributed by atoms with E-state index in [4.69, 9.17) is 4.74 Å². The van der Waals surface area contributed by atoms with E-state index in [0.29, 0.717) is 11.3 Å². The van der Waals surface area contributed by atoms with Crippen molar-refractivity contribution in [1.82, 2.24) is 15.2 Å². The Kier molecular flexibility index (Phi) is 6.33. The lowest BCUT2D eigenvalue weighted by molar-refractivity contribution is 0.0930. The van der Waals surface area contributed by atoms with E-state index in [1.165, 1.54) is 23.1 Å². The number of nitrogens with one attached hydrogen (secondary N) is 1. The van der Waals surface area contributed by atoms with Crippen molar-refractivity contribution in [1.29, 1.82) is 0 Å². The summed E-state index contributed by atoms with van der Waals surface area (Å²) in [5.41, 5.74) is 6.10. The van der Waals surface area contributed by atoms with E-state index in [9.17, 15) is 4.79 Å². The van der Waals surface area contributed by atoms with Gasteiger partial charge in [-0.25, -0.2) is 0 Å². The van der Waals surface area contributed by atoms with E-state index in [1.807, 2.05) is 37.4 Å². The molecule has 0 saturated heterocycles. The van der Waals surface area contributed by atoms with Crippen LogP contribution in [0, 0.1) is 6.92 Å². The maximum Gasteiger partial charge on any atom is 0.252 e. The molecule has 35 heavy (non-hydrogen) atoms. The van der Waals surface area contributed by atoms with Crippen molar-refractivity contribution in [3.05, 3.63) is 89.3 Å². The van der Waals surface area contributed by atoms with Crippen molar-refractivity contribution in [3.8, 4) is 5.75 Å². The molecular weight excluding hydrogens is 434 g/mol. The molecule has 5 heteroatoms. The molecule has 1 aliphatic heterocycles. The van der Waals surface area contributed by atoms with Crippen LogP contribution in [0.4, 0.5) is 0 Å². The van der Waals surface area contributed by atoms with Crippen molar-refractivity contribution >= 4 is 22.4 Å². The van der Waals surface area contributed by atoms with Crippen LogP contribution in [-0.2, 0) is 5.54 Å². The Morgan fingerprint density at radius 2 is 1.97 bits per heavy atom. The highest BCUT2D eigenvalue weighted by molar-refractivity contribution is 5.97. The summed E-state index contributed by atoms with van der Waals surface area (Å²) in [6.07, 6.45) is 13.7. The number of pyridine rings is 1. The van der Waals surface area contributed by atoms with Crippen LogP contribution >= 0.6 is 0 Å². The van der Waals surface area contributed by atoms with Gasteiger partial charge in [-0.15, -0.1) is 0 Å². The number of carbonyl (C=O) groups excluding carboxylic acids is 1. The molecule has 1 amide bonds. The molecule has 0 bridgehead atoms. The summed E-state index contributed by atoms with van der Waals surface area (Å²) in [5.74, 6) is 0.645. The molecule has 2 aliphatic carbocycles. The summed E-state index contributed by atoms with van der Waals surface area (Å²) in [4.78, 5) is 20.0. The molecule has 180 valence electrons. The number of nitrogens with zero attached hydrogens (tertiary/aromatic N) is 2. The Hall–Kier alpha value is -3.60. The number of rotatable bonds is 5. The molecule has 2 aromatic carbocycles. The number of aryl methyl sites for hydroxylation is 1. The highest BCUT2D eigenvalue weighted by Crippen LogP contribution is 2.49. The number of aromatic nitrogens is 1. The monoisotopic (exact) mass is 467 g/mol. The number of benzene rings is 2. The Labute approximate surface area is 207 Å². The van der Waals surface area contributed by atoms with Gasteiger partial charge in [0.05, 0.1) is 18.2 Å². The molecule has 0 spiro atoms. The lowest BCUT2D eigenvalue weighted by atomic mass is 9.93. The zero-order valence-electron chi connectivity index (χ0n) is 20.8. The van der Waals surface area contributed by atoms with E-state index in [0.717, 1.165) is 48.7 Å². The van der Waals surface area contributed by atoms with Gasteiger partial charge in [0, 0.05) is 30.7 Å². The van der Waals surface area contributed by atoms with Gasteiger partial charge in [-0.1, -0.05) is 18.2 Å². The summed E-state index contributed by atoms with van der Waals surface area (Å²) in [6.45, 7) is 3.10. The summed E-state index contributed by atoms with van der Waals surface area (Å²) < 4.78 is 5.33. The first-order valence-corrected chi connectivity index (χ1v) is 12.4. The molecule has 2 heterocycles. The van der Waals surface area contributed by atoms with Gasteiger partial charge in [-0.05, 0) is 104 Å². The zero-order valence-corrected chi connectivity index (χ0v) is 20.8. The number of hydrogen-bond acceptors (Lipinski definition) is 4. The van der Waals surface area contributed by atoms with Crippen LogP contribution in [0.2, 0.25) is 0 Å². The first-order chi connectivity index (χ1) is 17.0. The normalized spacial score (nSPS) is 17.2. The third kappa shape index (κ3) is 4.81. The van der Waals surface area contributed by atoms with Gasteiger partial charge in [-0.2, -0.15) is 0 Å². The topological polar surface area (TPSA) is 54.5 Å². The quantitative estimate of drug-likeness (QED) is 0.501. The molecule has 6 rings (SSSR count). The Bertz CT molecular complexity index is 1320. The molecule has 1 N–H and O–H groups in total. The highest BCUT2D eigenvalue weighted by atomic mass is 16.5. The molecule has 0 unspecified atom stereocenters. The number of hydrogen-bond donors (Lipinski definition) is 1. The van der Waals surface area contributed by atoms with E-state index in [1.54, 1.807) is 7.11 Å². The van der Waals surface area contributed by atoms with E-state index in [-0.39, 0.29) is 11.4 Å². The van der Waals surface area contributed by atoms with Gasteiger partial charge < -0.3 is 15.0 Å². The van der Waals surface area contributed by atoms with Crippen LogP contribution in [0.5, 0.6) is 5.75 Å². The molecule has 1 saturated carbocycles. The van der Waals surface area contributed by atoms with Gasteiger partial charge in [0.25, 0.3) is 5.91 Å². The minimum atomic E-state index is -0.330. The zero-order chi connectivity index (χ0) is 24.4. The minimum Gasteiger partial charge on any atom is -0.497 e. The minimum absolute atomic E-state index is 0.0496. The van der Waals surface area contributed by atoms with Gasteiger partial charge in [0.2, 0.25) is 0 Å². The SMILES string of the molecule is CN1C=CC1.COc1ccc(C)c(C(=O)NC2(c3cc(C4=CCCC4)cc4ncccc34)CC2)c1.